The summed E-state index contributed by atoms with van der Waals surface area (Å²) in [5.41, 5.74) is 0.977. The first-order valence-electron chi connectivity index (χ1n) is 3.98. The van der Waals surface area contributed by atoms with E-state index in [1.54, 1.807) is 0 Å². The lowest BCUT2D eigenvalue weighted by Gasteiger charge is -2.14. The van der Waals surface area contributed by atoms with E-state index in [4.69, 9.17) is 5.11 Å². The number of carboxylic acids is 1. The van der Waals surface area contributed by atoms with Crippen LogP contribution in [-0.2, 0) is 4.79 Å². The molecule has 2 atom stereocenters. The number of allylic oxidation sites excluding steroid dienone is 1. The molecule has 0 saturated carbocycles. The van der Waals surface area contributed by atoms with E-state index in [1.807, 2.05) is 6.08 Å². The van der Waals surface area contributed by atoms with Crippen molar-refractivity contribution in [2.24, 2.45) is 4.99 Å². The minimum absolute atomic E-state index is 0.163. The summed E-state index contributed by atoms with van der Waals surface area (Å²) >= 11 is 0. The van der Waals surface area contributed by atoms with Crippen molar-refractivity contribution in [1.82, 2.24) is 5.32 Å². The Morgan fingerprint density at radius 2 is 2.50 bits per heavy atom. The second kappa shape index (κ2) is 2.71. The lowest BCUT2D eigenvalue weighted by atomic mass is 10.0. The number of fused-ring (bicyclic) bond motifs is 1. The highest BCUT2D eigenvalue weighted by Crippen LogP contribution is 2.15. The number of aliphatic imine (C=N–C) groups is 1. The summed E-state index contributed by atoms with van der Waals surface area (Å²) < 4.78 is 0. The van der Waals surface area contributed by atoms with Gasteiger partial charge in [-0.05, 0) is 6.42 Å². The number of hydrogen-bond acceptors (Lipinski definition) is 3. The maximum atomic E-state index is 10.6. The predicted molar refractivity (Wildman–Crippen MR) is 44.2 cm³/mol. The maximum absolute atomic E-state index is 10.6. The molecule has 0 aromatic carbocycles. The van der Waals surface area contributed by atoms with Gasteiger partial charge in [0.25, 0.3) is 0 Å². The molecule has 0 bridgehead atoms. The molecular formula is C8H10N2O2. The zero-order valence-electron chi connectivity index (χ0n) is 6.53. The van der Waals surface area contributed by atoms with Crippen LogP contribution in [0.3, 0.4) is 0 Å². The standard InChI is InChI=1S/C8H10N2O2/c11-8(12)7-9-5-3-1-2-4-6(5)10-7/h1-2,5,7,9H,3-4H2,(H,11,12)/t5-,7-/m0/s1. The van der Waals surface area contributed by atoms with E-state index in [0.717, 1.165) is 18.6 Å². The van der Waals surface area contributed by atoms with Crippen LogP contribution < -0.4 is 5.32 Å². The predicted octanol–water partition coefficient (Wildman–Crippen LogP) is 0.160. The Morgan fingerprint density at radius 1 is 1.67 bits per heavy atom. The fourth-order valence-corrected chi connectivity index (χ4v) is 1.54. The molecule has 1 aliphatic carbocycles. The molecular weight excluding hydrogens is 156 g/mol. The minimum atomic E-state index is -0.892. The number of nitrogens with zero attached hydrogens (tertiary/aromatic N) is 1. The normalized spacial score (nSPS) is 32.8. The van der Waals surface area contributed by atoms with Gasteiger partial charge in [0, 0.05) is 12.1 Å². The molecule has 4 nitrogen and oxygen atoms in total. The van der Waals surface area contributed by atoms with Crippen LogP contribution in [0, 0.1) is 0 Å². The van der Waals surface area contributed by atoms with Crippen molar-refractivity contribution >= 4 is 11.7 Å². The van der Waals surface area contributed by atoms with Crippen LogP contribution >= 0.6 is 0 Å². The second-order valence-corrected chi connectivity index (χ2v) is 2.99. The fourth-order valence-electron chi connectivity index (χ4n) is 1.54. The molecule has 2 rings (SSSR count). The largest absolute Gasteiger partial charge is 0.479 e. The van der Waals surface area contributed by atoms with Gasteiger partial charge in [0.05, 0.1) is 6.04 Å². The molecule has 0 unspecified atom stereocenters. The van der Waals surface area contributed by atoms with Gasteiger partial charge < -0.3 is 5.11 Å². The molecule has 2 N–H and O–H groups in total. The Hall–Kier alpha value is -1.16. The van der Waals surface area contributed by atoms with Crippen LogP contribution in [0.15, 0.2) is 17.1 Å². The molecule has 64 valence electrons. The van der Waals surface area contributed by atoms with Crippen LogP contribution in [0.25, 0.3) is 0 Å². The summed E-state index contributed by atoms with van der Waals surface area (Å²) in [4.78, 5) is 14.6. The third-order valence-electron chi connectivity index (χ3n) is 2.16. The van der Waals surface area contributed by atoms with Gasteiger partial charge in [-0.15, -0.1) is 0 Å². The van der Waals surface area contributed by atoms with Crippen LogP contribution in [0.2, 0.25) is 0 Å². The van der Waals surface area contributed by atoms with E-state index in [9.17, 15) is 4.79 Å². The van der Waals surface area contributed by atoms with Crippen LogP contribution in [0.1, 0.15) is 12.8 Å². The molecule has 12 heavy (non-hydrogen) atoms. The SMILES string of the molecule is O=C(O)[C@@H]1N=C2CC=CC[C@@H]2N1. The summed E-state index contributed by atoms with van der Waals surface area (Å²) in [5.74, 6) is -0.892. The van der Waals surface area contributed by atoms with E-state index in [0.29, 0.717) is 0 Å². The first kappa shape index (κ1) is 7.49. The topological polar surface area (TPSA) is 61.7 Å². The molecule has 0 spiro atoms. The van der Waals surface area contributed by atoms with Gasteiger partial charge in [0.1, 0.15) is 0 Å². The summed E-state index contributed by atoms with van der Waals surface area (Å²) in [6, 6.07) is 0.163. The van der Waals surface area contributed by atoms with E-state index in [-0.39, 0.29) is 6.04 Å². The number of carboxylic acid groups (broad SMARTS) is 1. The van der Waals surface area contributed by atoms with E-state index in [2.05, 4.69) is 16.4 Å². The van der Waals surface area contributed by atoms with Crippen molar-refractivity contribution in [3.8, 4) is 0 Å². The molecule has 4 heteroatoms. The van der Waals surface area contributed by atoms with Gasteiger partial charge in [-0.1, -0.05) is 12.2 Å². The molecule has 2 aliphatic rings. The molecule has 0 fully saturated rings. The van der Waals surface area contributed by atoms with Crippen LogP contribution in [0.5, 0.6) is 0 Å². The van der Waals surface area contributed by atoms with Crippen molar-refractivity contribution in [3.05, 3.63) is 12.2 Å². The molecule has 1 heterocycles. The Kier molecular flexibility index (Phi) is 1.69. The van der Waals surface area contributed by atoms with Gasteiger partial charge >= 0.3 is 5.97 Å². The smallest absolute Gasteiger partial charge is 0.343 e. The first-order chi connectivity index (χ1) is 5.77. The zero-order valence-corrected chi connectivity index (χ0v) is 6.53. The molecule has 1 aliphatic heterocycles. The Morgan fingerprint density at radius 3 is 3.17 bits per heavy atom. The van der Waals surface area contributed by atoms with E-state index in [1.165, 1.54) is 0 Å². The van der Waals surface area contributed by atoms with Gasteiger partial charge in [-0.25, -0.2) is 4.79 Å². The summed E-state index contributed by atoms with van der Waals surface area (Å²) in [7, 11) is 0. The number of hydrogen-bond donors (Lipinski definition) is 2. The van der Waals surface area contributed by atoms with Crippen LogP contribution in [-0.4, -0.2) is 29.0 Å². The third-order valence-corrected chi connectivity index (χ3v) is 2.16. The minimum Gasteiger partial charge on any atom is -0.479 e. The average Bonchev–Trinajstić information content (AvgIpc) is 2.46. The lowest BCUT2D eigenvalue weighted by molar-refractivity contribution is -0.139. The van der Waals surface area contributed by atoms with Gasteiger partial charge in [-0.2, -0.15) is 0 Å². The highest BCUT2D eigenvalue weighted by atomic mass is 16.4. The van der Waals surface area contributed by atoms with E-state index >= 15 is 0 Å². The van der Waals surface area contributed by atoms with Crippen molar-refractivity contribution < 1.29 is 9.90 Å². The number of aliphatic carboxylic acids is 1. The van der Waals surface area contributed by atoms with Crippen molar-refractivity contribution in [3.63, 3.8) is 0 Å². The highest BCUT2D eigenvalue weighted by Gasteiger charge is 2.30. The summed E-state index contributed by atoms with van der Waals surface area (Å²) in [5, 5.41) is 11.6. The van der Waals surface area contributed by atoms with Crippen molar-refractivity contribution in [1.29, 1.82) is 0 Å². The number of rotatable bonds is 1. The van der Waals surface area contributed by atoms with Gasteiger partial charge in [0.15, 0.2) is 6.17 Å². The molecule has 0 radical (unpaired) electrons. The van der Waals surface area contributed by atoms with Crippen molar-refractivity contribution in [2.45, 2.75) is 25.0 Å². The maximum Gasteiger partial charge on any atom is 0.343 e. The molecule has 0 saturated heterocycles. The molecule has 0 aromatic rings. The van der Waals surface area contributed by atoms with Crippen molar-refractivity contribution in [2.75, 3.05) is 0 Å². The van der Waals surface area contributed by atoms with Gasteiger partial charge in [-0.3, -0.25) is 10.3 Å². The average molecular weight is 166 g/mol. The monoisotopic (exact) mass is 166 g/mol. The first-order valence-corrected chi connectivity index (χ1v) is 3.98. The molecule has 0 aromatic heterocycles. The number of nitrogens with one attached hydrogen (secondary N) is 1. The van der Waals surface area contributed by atoms with E-state index < -0.39 is 12.1 Å². The zero-order chi connectivity index (χ0) is 8.55. The van der Waals surface area contributed by atoms with Gasteiger partial charge in [0.2, 0.25) is 0 Å². The van der Waals surface area contributed by atoms with Crippen LogP contribution in [0.4, 0.5) is 0 Å². The summed E-state index contributed by atoms with van der Waals surface area (Å²) in [6.07, 6.45) is 5.02. The number of carbonyl (C=O) groups is 1. The Labute approximate surface area is 70.0 Å². The third kappa shape index (κ3) is 1.14. The second-order valence-electron chi connectivity index (χ2n) is 2.99. The molecule has 0 amide bonds. The summed E-state index contributed by atoms with van der Waals surface area (Å²) in [6.45, 7) is 0. The quantitative estimate of drug-likeness (QED) is 0.545. The Balaban J connectivity index is 2.14. The fraction of sp³-hybridized carbons (Fsp3) is 0.500. The highest BCUT2D eigenvalue weighted by molar-refractivity contribution is 5.96. The Bertz CT molecular complexity index is 270. The lowest BCUT2D eigenvalue weighted by Crippen LogP contribution is -2.38.